The van der Waals surface area contributed by atoms with Gasteiger partial charge in [0.2, 0.25) is 0 Å². The smallest absolute Gasteiger partial charge is 0.302 e. The molecule has 3 nitrogen and oxygen atoms in total. The van der Waals surface area contributed by atoms with Crippen LogP contribution in [-0.4, -0.2) is 17.9 Å². The van der Waals surface area contributed by atoms with Gasteiger partial charge in [0, 0.05) is 18.8 Å². The van der Waals surface area contributed by atoms with Gasteiger partial charge in [-0.15, -0.1) is 0 Å². The van der Waals surface area contributed by atoms with Crippen molar-refractivity contribution in [1.82, 2.24) is 0 Å². The molecule has 0 spiro atoms. The molecule has 6 atom stereocenters. The fourth-order valence-electron chi connectivity index (χ4n) is 6.24. The zero-order chi connectivity index (χ0) is 17.1. The zero-order valence-electron chi connectivity index (χ0n) is 15.0. The molecule has 0 bridgehead atoms. The van der Waals surface area contributed by atoms with E-state index in [1.807, 2.05) is 6.08 Å². The molecule has 0 aliphatic heterocycles. The van der Waals surface area contributed by atoms with E-state index in [2.05, 4.69) is 26.0 Å². The first-order valence-corrected chi connectivity index (χ1v) is 9.44. The number of ether oxygens (including phenoxy) is 1. The summed E-state index contributed by atoms with van der Waals surface area (Å²) in [7, 11) is 0. The summed E-state index contributed by atoms with van der Waals surface area (Å²) in [6, 6.07) is 0. The molecule has 0 aromatic carbocycles. The first-order valence-electron chi connectivity index (χ1n) is 9.44. The number of esters is 1. The lowest BCUT2D eigenvalue weighted by molar-refractivity contribution is -0.148. The van der Waals surface area contributed by atoms with Gasteiger partial charge in [-0.3, -0.25) is 9.59 Å². The fraction of sp³-hybridized carbons (Fsp3) is 0.714. The minimum atomic E-state index is -0.166. The predicted octanol–water partition coefficient (Wildman–Crippen LogP) is 4.23. The van der Waals surface area contributed by atoms with E-state index < -0.39 is 0 Å². The first kappa shape index (κ1) is 16.1. The number of ketones is 1. The van der Waals surface area contributed by atoms with Crippen molar-refractivity contribution in [1.29, 1.82) is 0 Å². The number of carbonyl (C=O) groups excluding carboxylic acids is 2. The SMILES string of the molecule is CC(=O)O[C@H]1CC[C@@]2(C)C(=CC[C@@H]3[C@@H]2CC[C@]2(C)C(=O)C=C[C@@H]32)C1. The molecule has 24 heavy (non-hydrogen) atoms. The van der Waals surface area contributed by atoms with E-state index in [1.54, 1.807) is 0 Å². The number of allylic oxidation sites excluding steroid dienone is 3. The Morgan fingerprint density at radius 1 is 1.21 bits per heavy atom. The van der Waals surface area contributed by atoms with E-state index >= 15 is 0 Å². The third-order valence-electron chi connectivity index (χ3n) is 7.66. The molecule has 0 saturated heterocycles. The second kappa shape index (κ2) is 5.31. The van der Waals surface area contributed by atoms with Crippen molar-refractivity contribution in [3.63, 3.8) is 0 Å². The van der Waals surface area contributed by atoms with Crippen LogP contribution in [0.15, 0.2) is 23.8 Å². The van der Waals surface area contributed by atoms with Crippen molar-refractivity contribution in [2.75, 3.05) is 0 Å². The fourth-order valence-corrected chi connectivity index (χ4v) is 6.24. The molecular weight excluding hydrogens is 300 g/mol. The normalized spacial score (nSPS) is 46.6. The third kappa shape index (κ3) is 2.16. The molecule has 0 unspecified atom stereocenters. The van der Waals surface area contributed by atoms with Crippen LogP contribution in [0, 0.1) is 28.6 Å². The molecule has 4 rings (SSSR count). The minimum absolute atomic E-state index is 0.0557. The van der Waals surface area contributed by atoms with Crippen LogP contribution in [0.2, 0.25) is 0 Å². The number of hydrogen-bond donors (Lipinski definition) is 0. The van der Waals surface area contributed by atoms with Crippen molar-refractivity contribution in [3.05, 3.63) is 23.8 Å². The number of rotatable bonds is 1. The molecule has 3 heteroatoms. The Morgan fingerprint density at radius 3 is 2.71 bits per heavy atom. The topological polar surface area (TPSA) is 43.4 Å². The van der Waals surface area contributed by atoms with E-state index in [0.717, 1.165) is 38.5 Å². The summed E-state index contributed by atoms with van der Waals surface area (Å²) in [5, 5.41) is 0. The maximum Gasteiger partial charge on any atom is 0.302 e. The summed E-state index contributed by atoms with van der Waals surface area (Å²) < 4.78 is 5.49. The minimum Gasteiger partial charge on any atom is -0.462 e. The quantitative estimate of drug-likeness (QED) is 0.534. The summed E-state index contributed by atoms with van der Waals surface area (Å²) >= 11 is 0. The van der Waals surface area contributed by atoms with Gasteiger partial charge >= 0.3 is 5.97 Å². The molecule has 4 aliphatic rings. The van der Waals surface area contributed by atoms with Crippen molar-refractivity contribution in [3.8, 4) is 0 Å². The largest absolute Gasteiger partial charge is 0.462 e. The molecule has 2 fully saturated rings. The van der Waals surface area contributed by atoms with Crippen LogP contribution in [0.1, 0.15) is 59.3 Å². The molecule has 130 valence electrons. The monoisotopic (exact) mass is 328 g/mol. The molecule has 0 aromatic rings. The molecule has 0 N–H and O–H groups in total. The summed E-state index contributed by atoms with van der Waals surface area (Å²) in [6.45, 7) is 6.10. The number of carbonyl (C=O) groups is 2. The Kier molecular flexibility index (Phi) is 3.56. The number of fused-ring (bicyclic) bond motifs is 5. The van der Waals surface area contributed by atoms with E-state index in [4.69, 9.17) is 4.74 Å². The summed E-state index contributed by atoms with van der Waals surface area (Å²) in [6.07, 6.45) is 12.7. The highest BCUT2D eigenvalue weighted by Crippen LogP contribution is 2.62. The van der Waals surface area contributed by atoms with Gasteiger partial charge < -0.3 is 4.74 Å². The maximum absolute atomic E-state index is 12.4. The van der Waals surface area contributed by atoms with Gasteiger partial charge in [0.15, 0.2) is 5.78 Å². The molecule has 0 radical (unpaired) electrons. The van der Waals surface area contributed by atoms with E-state index in [-0.39, 0.29) is 22.9 Å². The highest BCUT2D eigenvalue weighted by Gasteiger charge is 2.57. The van der Waals surface area contributed by atoms with Gasteiger partial charge in [-0.25, -0.2) is 0 Å². The van der Waals surface area contributed by atoms with E-state index in [9.17, 15) is 9.59 Å². The summed E-state index contributed by atoms with van der Waals surface area (Å²) in [4.78, 5) is 23.7. The Hall–Kier alpha value is -1.38. The van der Waals surface area contributed by atoms with Crippen LogP contribution < -0.4 is 0 Å². The Labute approximate surface area is 144 Å². The highest BCUT2D eigenvalue weighted by atomic mass is 16.5. The van der Waals surface area contributed by atoms with Crippen molar-refractivity contribution >= 4 is 11.8 Å². The lowest BCUT2D eigenvalue weighted by Gasteiger charge is -2.56. The van der Waals surface area contributed by atoms with Crippen LogP contribution >= 0.6 is 0 Å². The molecule has 0 aromatic heterocycles. The van der Waals surface area contributed by atoms with Crippen LogP contribution in [0.4, 0.5) is 0 Å². The molecule has 0 amide bonds. The molecular formula is C21H28O3. The molecule has 2 saturated carbocycles. The van der Waals surface area contributed by atoms with Gasteiger partial charge in [-0.1, -0.05) is 31.6 Å². The second-order valence-corrected chi connectivity index (χ2v) is 8.83. The molecule has 4 aliphatic carbocycles. The van der Waals surface area contributed by atoms with Gasteiger partial charge in [0.25, 0.3) is 0 Å². The number of hydrogen-bond acceptors (Lipinski definition) is 3. The summed E-state index contributed by atoms with van der Waals surface area (Å²) in [5.74, 6) is 1.82. The van der Waals surface area contributed by atoms with Crippen molar-refractivity contribution in [2.45, 2.75) is 65.4 Å². The van der Waals surface area contributed by atoms with Gasteiger partial charge in [-0.05, 0) is 61.3 Å². The average molecular weight is 328 g/mol. The highest BCUT2D eigenvalue weighted by molar-refractivity contribution is 5.97. The van der Waals surface area contributed by atoms with E-state index in [1.165, 1.54) is 12.5 Å². The van der Waals surface area contributed by atoms with Crippen molar-refractivity contribution < 1.29 is 14.3 Å². The van der Waals surface area contributed by atoms with Crippen LogP contribution in [0.25, 0.3) is 0 Å². The first-order chi connectivity index (χ1) is 11.3. The Bertz CT molecular complexity index is 645. The van der Waals surface area contributed by atoms with Crippen LogP contribution in [0.5, 0.6) is 0 Å². The lowest BCUT2D eigenvalue weighted by Crippen LogP contribution is -2.50. The standard InChI is InChI=1S/C21H28O3/c1-13(22)24-15-8-10-20(2)14(12-15)4-5-16-17-6-7-19(23)21(17,3)11-9-18(16)20/h4,6-7,15-18H,5,8-12H2,1-3H3/t15-,16-,17-,18-,20-,21-/m0/s1. The van der Waals surface area contributed by atoms with E-state index in [0.29, 0.717) is 23.5 Å². The second-order valence-electron chi connectivity index (χ2n) is 8.83. The van der Waals surface area contributed by atoms with Crippen LogP contribution in [-0.2, 0) is 14.3 Å². The third-order valence-corrected chi connectivity index (χ3v) is 7.66. The van der Waals surface area contributed by atoms with Crippen molar-refractivity contribution in [2.24, 2.45) is 28.6 Å². The molecule has 0 heterocycles. The van der Waals surface area contributed by atoms with Gasteiger partial charge in [-0.2, -0.15) is 0 Å². The summed E-state index contributed by atoms with van der Waals surface area (Å²) in [5.41, 5.74) is 1.57. The Balaban J connectivity index is 1.61. The van der Waals surface area contributed by atoms with Gasteiger partial charge in [0.05, 0.1) is 0 Å². The van der Waals surface area contributed by atoms with Crippen LogP contribution in [0.3, 0.4) is 0 Å². The lowest BCUT2D eigenvalue weighted by atomic mass is 9.48. The zero-order valence-corrected chi connectivity index (χ0v) is 15.0. The van der Waals surface area contributed by atoms with Gasteiger partial charge in [0.1, 0.15) is 6.10 Å². The Morgan fingerprint density at radius 2 is 1.96 bits per heavy atom. The predicted molar refractivity (Wildman–Crippen MR) is 92.2 cm³/mol. The maximum atomic E-state index is 12.4. The average Bonchev–Trinajstić information content (AvgIpc) is 2.83.